The molecule has 1 aliphatic carbocycles. The highest BCUT2D eigenvalue weighted by Crippen LogP contribution is 2.40. The van der Waals surface area contributed by atoms with Crippen molar-refractivity contribution >= 4 is 11.8 Å². The van der Waals surface area contributed by atoms with Gasteiger partial charge in [0.15, 0.2) is 0 Å². The van der Waals surface area contributed by atoms with Crippen molar-refractivity contribution in [3.05, 3.63) is 48.0 Å². The van der Waals surface area contributed by atoms with Crippen LogP contribution in [0.3, 0.4) is 0 Å². The number of hydrogen-bond donors (Lipinski definition) is 1. The van der Waals surface area contributed by atoms with Crippen LogP contribution in [0.4, 0.5) is 4.79 Å². The van der Waals surface area contributed by atoms with Crippen LogP contribution in [0.5, 0.6) is 0 Å². The van der Waals surface area contributed by atoms with Crippen LogP contribution in [0.25, 0.3) is 0 Å². The summed E-state index contributed by atoms with van der Waals surface area (Å²) in [4.78, 5) is 14.2. The molecule has 0 atom stereocenters. The van der Waals surface area contributed by atoms with Gasteiger partial charge in [0.1, 0.15) is 6.61 Å². The standard InChI is InChI=1S/C22H31N3O2/c1-21(2,3)24-23-19-9-11-22(12-10-19)13-15-25(16-14-22)20(26)27-17-18-7-5-4-6-8-18/h4-9,11,24H,10,12-17H2,1-3H3/b23-19+. The Morgan fingerprint density at radius 3 is 2.48 bits per heavy atom. The first-order valence-corrected chi connectivity index (χ1v) is 9.84. The molecule has 3 rings (SSSR count). The second-order valence-electron chi connectivity index (χ2n) is 8.69. The highest BCUT2D eigenvalue weighted by atomic mass is 16.6. The van der Waals surface area contributed by atoms with E-state index in [0.29, 0.717) is 6.61 Å². The van der Waals surface area contributed by atoms with Gasteiger partial charge in [-0.15, -0.1) is 0 Å². The maximum absolute atomic E-state index is 12.3. The lowest BCUT2D eigenvalue weighted by Crippen LogP contribution is -2.43. The normalized spacial score (nSPS) is 20.7. The molecule has 5 heteroatoms. The lowest BCUT2D eigenvalue weighted by Gasteiger charge is -2.41. The maximum atomic E-state index is 12.3. The minimum absolute atomic E-state index is 0.0125. The number of nitrogens with one attached hydrogen (secondary N) is 1. The fraction of sp³-hybridized carbons (Fsp3) is 0.545. The third kappa shape index (κ3) is 5.59. The molecule has 146 valence electrons. The Bertz CT molecular complexity index is 696. The van der Waals surface area contributed by atoms with Crippen molar-refractivity contribution in [3.63, 3.8) is 0 Å². The molecule has 1 amide bonds. The van der Waals surface area contributed by atoms with Crippen LogP contribution in [0, 0.1) is 5.41 Å². The molecule has 0 unspecified atom stereocenters. The van der Waals surface area contributed by atoms with E-state index in [0.717, 1.165) is 50.0 Å². The van der Waals surface area contributed by atoms with Crippen molar-refractivity contribution in [2.75, 3.05) is 13.1 Å². The summed E-state index contributed by atoms with van der Waals surface area (Å²) in [6.07, 6.45) is 8.33. The van der Waals surface area contributed by atoms with Gasteiger partial charge in [0.25, 0.3) is 0 Å². The lowest BCUT2D eigenvalue weighted by molar-refractivity contribution is 0.0707. The Hall–Kier alpha value is -2.30. The molecule has 0 bridgehead atoms. The average molecular weight is 370 g/mol. The van der Waals surface area contributed by atoms with Crippen LogP contribution in [0.15, 0.2) is 47.6 Å². The van der Waals surface area contributed by atoms with E-state index in [1.54, 1.807) is 0 Å². The van der Waals surface area contributed by atoms with Crippen LogP contribution in [0.1, 0.15) is 52.0 Å². The number of rotatable bonds is 3. The van der Waals surface area contributed by atoms with Crippen LogP contribution < -0.4 is 5.43 Å². The summed E-state index contributed by atoms with van der Waals surface area (Å²) in [5.41, 5.74) is 5.52. The molecular weight excluding hydrogens is 338 g/mol. The minimum Gasteiger partial charge on any atom is -0.445 e. The van der Waals surface area contributed by atoms with E-state index >= 15 is 0 Å². The van der Waals surface area contributed by atoms with Crippen molar-refractivity contribution in [2.24, 2.45) is 10.5 Å². The van der Waals surface area contributed by atoms with Crippen molar-refractivity contribution in [1.82, 2.24) is 10.3 Å². The summed E-state index contributed by atoms with van der Waals surface area (Å²) in [5, 5.41) is 4.52. The molecule has 1 fully saturated rings. The first kappa shape index (κ1) is 19.5. The number of carbonyl (C=O) groups excluding carboxylic acids is 1. The SMILES string of the molecule is CC(C)(C)N/N=C1\C=CC2(CC1)CCN(C(=O)OCc1ccccc1)CC2. The summed E-state index contributed by atoms with van der Waals surface area (Å²) < 4.78 is 5.47. The van der Waals surface area contributed by atoms with E-state index in [1.807, 2.05) is 35.2 Å². The average Bonchev–Trinajstić information content (AvgIpc) is 2.66. The monoisotopic (exact) mass is 369 g/mol. The number of likely N-dealkylation sites (tertiary alicyclic amines) is 1. The summed E-state index contributed by atoms with van der Waals surface area (Å²) in [6.45, 7) is 8.17. The lowest BCUT2D eigenvalue weighted by atomic mass is 9.71. The van der Waals surface area contributed by atoms with Gasteiger partial charge in [-0.25, -0.2) is 4.79 Å². The third-order valence-electron chi connectivity index (χ3n) is 5.27. The number of hydrazone groups is 1. The van der Waals surface area contributed by atoms with Crippen LogP contribution in [0.2, 0.25) is 0 Å². The molecule has 1 spiro atoms. The molecule has 0 saturated carbocycles. The number of allylic oxidation sites excluding steroid dienone is 2. The highest BCUT2D eigenvalue weighted by Gasteiger charge is 2.36. The van der Waals surface area contributed by atoms with Gasteiger partial charge in [0.2, 0.25) is 0 Å². The highest BCUT2D eigenvalue weighted by molar-refractivity contribution is 5.95. The molecule has 1 saturated heterocycles. The minimum atomic E-state index is -0.204. The van der Waals surface area contributed by atoms with Gasteiger partial charge < -0.3 is 15.1 Å². The summed E-state index contributed by atoms with van der Waals surface area (Å²) in [5.74, 6) is 0. The predicted molar refractivity (Wildman–Crippen MR) is 109 cm³/mol. The van der Waals surface area contributed by atoms with Crippen molar-refractivity contribution in [3.8, 4) is 0 Å². The van der Waals surface area contributed by atoms with Crippen LogP contribution >= 0.6 is 0 Å². The quantitative estimate of drug-likeness (QED) is 0.798. The smallest absolute Gasteiger partial charge is 0.410 e. The Balaban J connectivity index is 1.48. The van der Waals surface area contributed by atoms with E-state index < -0.39 is 0 Å². The Labute approximate surface area is 162 Å². The number of nitrogens with zero attached hydrogens (tertiary/aromatic N) is 2. The van der Waals surface area contributed by atoms with Gasteiger partial charge in [0.05, 0.1) is 5.71 Å². The van der Waals surface area contributed by atoms with Gasteiger partial charge in [-0.2, -0.15) is 5.10 Å². The molecule has 1 aromatic carbocycles. The molecule has 1 aliphatic heterocycles. The predicted octanol–water partition coefficient (Wildman–Crippen LogP) is 4.50. The van der Waals surface area contributed by atoms with Gasteiger partial charge in [-0.1, -0.05) is 36.4 Å². The number of piperidine rings is 1. The van der Waals surface area contributed by atoms with Crippen molar-refractivity contribution < 1.29 is 9.53 Å². The molecule has 27 heavy (non-hydrogen) atoms. The topological polar surface area (TPSA) is 53.9 Å². The molecule has 5 nitrogen and oxygen atoms in total. The van der Waals surface area contributed by atoms with E-state index in [2.05, 4.69) is 43.5 Å². The first-order valence-electron chi connectivity index (χ1n) is 9.84. The van der Waals surface area contributed by atoms with E-state index in [-0.39, 0.29) is 17.0 Å². The summed E-state index contributed by atoms with van der Waals surface area (Å²) >= 11 is 0. The largest absolute Gasteiger partial charge is 0.445 e. The third-order valence-corrected chi connectivity index (χ3v) is 5.27. The molecule has 1 aromatic rings. The zero-order chi connectivity index (χ0) is 19.3. The zero-order valence-electron chi connectivity index (χ0n) is 16.7. The molecule has 0 radical (unpaired) electrons. The van der Waals surface area contributed by atoms with Crippen molar-refractivity contribution in [2.45, 2.75) is 58.6 Å². The first-order chi connectivity index (χ1) is 12.9. The molecule has 0 aromatic heterocycles. The van der Waals surface area contributed by atoms with E-state index in [9.17, 15) is 4.79 Å². The molecule has 2 aliphatic rings. The van der Waals surface area contributed by atoms with Crippen LogP contribution in [-0.4, -0.2) is 35.3 Å². The fourth-order valence-electron chi connectivity index (χ4n) is 3.51. The Morgan fingerprint density at radius 2 is 1.89 bits per heavy atom. The van der Waals surface area contributed by atoms with Crippen molar-refractivity contribution in [1.29, 1.82) is 0 Å². The van der Waals surface area contributed by atoms with Gasteiger partial charge in [-0.05, 0) is 63.5 Å². The number of benzene rings is 1. The fourth-order valence-corrected chi connectivity index (χ4v) is 3.51. The summed E-state index contributed by atoms with van der Waals surface area (Å²) in [7, 11) is 0. The van der Waals surface area contributed by atoms with E-state index in [4.69, 9.17) is 4.74 Å². The van der Waals surface area contributed by atoms with Gasteiger partial charge in [0, 0.05) is 18.6 Å². The van der Waals surface area contributed by atoms with E-state index in [1.165, 1.54) is 0 Å². The maximum Gasteiger partial charge on any atom is 0.410 e. The number of hydrogen-bond acceptors (Lipinski definition) is 4. The second kappa shape index (κ2) is 8.15. The Morgan fingerprint density at radius 1 is 1.19 bits per heavy atom. The second-order valence-corrected chi connectivity index (χ2v) is 8.69. The van der Waals surface area contributed by atoms with Gasteiger partial charge in [-0.3, -0.25) is 0 Å². The zero-order valence-corrected chi connectivity index (χ0v) is 16.7. The molecule has 1 N–H and O–H groups in total. The van der Waals surface area contributed by atoms with Gasteiger partial charge >= 0.3 is 6.09 Å². The number of ether oxygens (including phenoxy) is 1. The Kier molecular flexibility index (Phi) is 5.88. The molecular formula is C22H31N3O2. The summed E-state index contributed by atoms with van der Waals surface area (Å²) in [6, 6.07) is 9.82. The number of carbonyl (C=O) groups is 1. The van der Waals surface area contributed by atoms with Crippen LogP contribution in [-0.2, 0) is 11.3 Å². The number of amides is 1. The molecule has 1 heterocycles.